The molecular formula is C17H23Cl2N3S. The second-order valence-electron chi connectivity index (χ2n) is 6.63. The van der Waals surface area contributed by atoms with Gasteiger partial charge in [0, 0.05) is 18.6 Å². The van der Waals surface area contributed by atoms with Crippen molar-refractivity contribution < 1.29 is 0 Å². The quantitative estimate of drug-likeness (QED) is 0.807. The van der Waals surface area contributed by atoms with E-state index in [4.69, 9.17) is 35.4 Å². The molecule has 0 spiro atoms. The minimum absolute atomic E-state index is 0.494. The summed E-state index contributed by atoms with van der Waals surface area (Å²) < 4.78 is 0. The van der Waals surface area contributed by atoms with Crippen LogP contribution in [0.2, 0.25) is 10.0 Å². The number of benzene rings is 1. The Balaban J connectivity index is 1.61. The van der Waals surface area contributed by atoms with Gasteiger partial charge in [-0.2, -0.15) is 0 Å². The van der Waals surface area contributed by atoms with Crippen molar-refractivity contribution in [3.05, 3.63) is 33.8 Å². The van der Waals surface area contributed by atoms with E-state index in [0.29, 0.717) is 22.1 Å². The molecule has 1 saturated carbocycles. The summed E-state index contributed by atoms with van der Waals surface area (Å²) in [6.07, 6.45) is 4.75. The Hall–Kier alpha value is -0.550. The van der Waals surface area contributed by atoms with Crippen molar-refractivity contribution in [2.75, 3.05) is 20.1 Å². The highest BCUT2D eigenvalue weighted by Crippen LogP contribution is 2.30. The summed E-state index contributed by atoms with van der Waals surface area (Å²) in [6, 6.07) is 6.89. The lowest BCUT2D eigenvalue weighted by atomic mass is 10.1. The van der Waals surface area contributed by atoms with Crippen molar-refractivity contribution in [1.82, 2.24) is 15.1 Å². The van der Waals surface area contributed by atoms with Gasteiger partial charge >= 0.3 is 0 Å². The number of rotatable bonds is 4. The van der Waals surface area contributed by atoms with Crippen molar-refractivity contribution in [1.29, 1.82) is 0 Å². The first kappa shape index (κ1) is 17.3. The Morgan fingerprint density at radius 1 is 1.22 bits per heavy atom. The molecule has 0 bridgehead atoms. The summed E-state index contributed by atoms with van der Waals surface area (Å²) in [5, 5.41) is 5.66. The van der Waals surface area contributed by atoms with Crippen LogP contribution in [0, 0.1) is 0 Å². The summed E-state index contributed by atoms with van der Waals surface area (Å²) >= 11 is 17.8. The van der Waals surface area contributed by atoms with Crippen LogP contribution in [0.3, 0.4) is 0 Å². The van der Waals surface area contributed by atoms with Crippen LogP contribution in [-0.4, -0.2) is 47.1 Å². The fourth-order valence-electron chi connectivity index (χ4n) is 3.00. The minimum atomic E-state index is 0.494. The van der Waals surface area contributed by atoms with E-state index >= 15 is 0 Å². The Morgan fingerprint density at radius 3 is 2.52 bits per heavy atom. The fourth-order valence-corrected chi connectivity index (χ4v) is 3.70. The maximum atomic E-state index is 6.14. The van der Waals surface area contributed by atoms with E-state index in [-0.39, 0.29) is 0 Å². The summed E-state index contributed by atoms with van der Waals surface area (Å²) in [5.41, 5.74) is 1.15. The molecule has 2 aliphatic rings. The van der Waals surface area contributed by atoms with Gasteiger partial charge in [-0.25, -0.2) is 0 Å². The van der Waals surface area contributed by atoms with Gasteiger partial charge in [0.2, 0.25) is 0 Å². The lowest BCUT2D eigenvalue weighted by Gasteiger charge is -2.33. The number of nitrogens with zero attached hydrogens (tertiary/aromatic N) is 2. The van der Waals surface area contributed by atoms with Gasteiger partial charge in [0.15, 0.2) is 5.11 Å². The highest BCUT2D eigenvalue weighted by molar-refractivity contribution is 7.80. The predicted octanol–water partition coefficient (Wildman–Crippen LogP) is 3.93. The average molecular weight is 372 g/mol. The number of halogens is 2. The highest BCUT2D eigenvalue weighted by Gasteiger charge is 2.32. The van der Waals surface area contributed by atoms with E-state index in [9.17, 15) is 0 Å². The van der Waals surface area contributed by atoms with Crippen LogP contribution in [0.5, 0.6) is 0 Å². The fraction of sp³-hybridized carbons (Fsp3) is 0.588. The molecule has 2 fully saturated rings. The van der Waals surface area contributed by atoms with Gasteiger partial charge in [-0.3, -0.25) is 0 Å². The second kappa shape index (κ2) is 7.56. The Morgan fingerprint density at radius 2 is 1.91 bits per heavy atom. The monoisotopic (exact) mass is 371 g/mol. The molecule has 23 heavy (non-hydrogen) atoms. The second-order valence-corrected chi connectivity index (χ2v) is 7.84. The van der Waals surface area contributed by atoms with Crippen molar-refractivity contribution in [3.8, 4) is 0 Å². The van der Waals surface area contributed by atoms with Gasteiger partial charge in [0.25, 0.3) is 0 Å². The highest BCUT2D eigenvalue weighted by atomic mass is 35.5. The molecule has 1 aromatic rings. The molecule has 1 heterocycles. The van der Waals surface area contributed by atoms with Gasteiger partial charge in [-0.05, 0) is 75.7 Å². The summed E-state index contributed by atoms with van der Waals surface area (Å²) in [6.45, 7) is 3.06. The van der Waals surface area contributed by atoms with E-state index in [1.165, 1.54) is 12.8 Å². The van der Waals surface area contributed by atoms with E-state index in [1.54, 1.807) is 0 Å². The van der Waals surface area contributed by atoms with Gasteiger partial charge < -0.3 is 15.1 Å². The maximum Gasteiger partial charge on any atom is 0.169 e. The van der Waals surface area contributed by atoms with Crippen molar-refractivity contribution in [2.45, 2.75) is 44.3 Å². The molecule has 126 valence electrons. The minimum Gasteiger partial charge on any atom is -0.360 e. The Bertz CT molecular complexity index is 569. The van der Waals surface area contributed by atoms with Crippen molar-refractivity contribution in [3.63, 3.8) is 0 Å². The number of likely N-dealkylation sites (tertiary alicyclic amines) is 1. The molecule has 0 atom stereocenters. The zero-order chi connectivity index (χ0) is 16.4. The van der Waals surface area contributed by atoms with E-state index in [2.05, 4.69) is 22.2 Å². The molecule has 1 aliphatic carbocycles. The molecule has 3 nitrogen and oxygen atoms in total. The molecule has 0 amide bonds. The molecule has 6 heteroatoms. The number of hydrogen-bond acceptors (Lipinski definition) is 2. The van der Waals surface area contributed by atoms with Crippen LogP contribution in [-0.2, 0) is 6.54 Å². The van der Waals surface area contributed by atoms with Crippen LogP contribution in [0.1, 0.15) is 31.2 Å². The van der Waals surface area contributed by atoms with Gasteiger partial charge in [-0.15, -0.1) is 0 Å². The molecule has 3 rings (SSSR count). The third-order valence-electron chi connectivity index (χ3n) is 4.63. The predicted molar refractivity (Wildman–Crippen MR) is 101 cm³/mol. The number of piperidine rings is 1. The summed E-state index contributed by atoms with van der Waals surface area (Å²) in [5.74, 6) is 0. The first-order valence-corrected chi connectivity index (χ1v) is 9.39. The zero-order valence-corrected chi connectivity index (χ0v) is 15.7. The van der Waals surface area contributed by atoms with Crippen LogP contribution >= 0.6 is 35.4 Å². The standard InChI is InChI=1S/C17H23Cl2N3S/c1-21-8-6-13(7-9-21)20-17(23)22(14-3-4-14)11-12-2-5-15(18)16(19)10-12/h2,5,10,13-14H,3-4,6-9,11H2,1H3,(H,20,23). The topological polar surface area (TPSA) is 18.5 Å². The number of nitrogens with one attached hydrogen (secondary N) is 1. The summed E-state index contributed by atoms with van der Waals surface area (Å²) in [7, 11) is 2.18. The largest absolute Gasteiger partial charge is 0.360 e. The normalized spacial score (nSPS) is 19.6. The lowest BCUT2D eigenvalue weighted by molar-refractivity contribution is 0.242. The third kappa shape index (κ3) is 4.72. The van der Waals surface area contributed by atoms with Crippen LogP contribution in [0.4, 0.5) is 0 Å². The molecule has 1 saturated heterocycles. The Kier molecular flexibility index (Phi) is 5.68. The first-order chi connectivity index (χ1) is 11.0. The third-order valence-corrected chi connectivity index (χ3v) is 5.72. The van der Waals surface area contributed by atoms with Gasteiger partial charge in [-0.1, -0.05) is 29.3 Å². The molecule has 0 aromatic heterocycles. The first-order valence-electron chi connectivity index (χ1n) is 8.22. The van der Waals surface area contributed by atoms with Crippen LogP contribution in [0.25, 0.3) is 0 Å². The molecule has 1 aromatic carbocycles. The smallest absolute Gasteiger partial charge is 0.169 e. The molecule has 0 radical (unpaired) electrons. The van der Waals surface area contributed by atoms with Crippen molar-refractivity contribution >= 4 is 40.5 Å². The molecule has 1 N–H and O–H groups in total. The van der Waals surface area contributed by atoms with E-state index < -0.39 is 0 Å². The number of hydrogen-bond donors (Lipinski definition) is 1. The number of thiocarbonyl (C=S) groups is 1. The SMILES string of the molecule is CN1CCC(NC(=S)N(Cc2ccc(Cl)c(Cl)c2)C2CC2)CC1. The van der Waals surface area contributed by atoms with Crippen LogP contribution < -0.4 is 5.32 Å². The molecule has 1 aliphatic heterocycles. The zero-order valence-electron chi connectivity index (χ0n) is 13.4. The van der Waals surface area contributed by atoms with E-state index in [1.807, 2.05) is 18.2 Å². The van der Waals surface area contributed by atoms with Gasteiger partial charge in [0.1, 0.15) is 0 Å². The van der Waals surface area contributed by atoms with Crippen LogP contribution in [0.15, 0.2) is 18.2 Å². The van der Waals surface area contributed by atoms with Crippen molar-refractivity contribution in [2.24, 2.45) is 0 Å². The molecular weight excluding hydrogens is 349 g/mol. The molecule has 0 unspecified atom stereocenters. The Labute approximate surface area is 153 Å². The lowest BCUT2D eigenvalue weighted by Crippen LogP contribution is -2.48. The maximum absolute atomic E-state index is 6.14. The van der Waals surface area contributed by atoms with E-state index in [0.717, 1.165) is 43.2 Å². The summed E-state index contributed by atoms with van der Waals surface area (Å²) in [4.78, 5) is 4.68. The van der Waals surface area contributed by atoms with Gasteiger partial charge in [0.05, 0.1) is 10.0 Å². The average Bonchev–Trinajstić information content (AvgIpc) is 3.35.